The Labute approximate surface area is 151 Å². The van der Waals surface area contributed by atoms with Crippen molar-refractivity contribution in [2.24, 2.45) is 5.73 Å². The monoisotopic (exact) mass is 390 g/mol. The maximum Gasteiger partial charge on any atom is 0.244 e. The van der Waals surface area contributed by atoms with Crippen molar-refractivity contribution >= 4 is 21.8 Å². The third-order valence-corrected chi connectivity index (χ3v) is 4.22. The normalized spacial score (nSPS) is 13.4. The minimum Gasteiger partial charge on any atom is -0.491 e. The van der Waals surface area contributed by atoms with Gasteiger partial charge in [0.1, 0.15) is 11.3 Å². The predicted molar refractivity (Wildman–Crippen MR) is 99.7 cm³/mol. The first-order valence-corrected chi connectivity index (χ1v) is 8.68. The number of para-hydroxylation sites is 1. The van der Waals surface area contributed by atoms with Crippen LogP contribution in [-0.2, 0) is 16.9 Å². The molecule has 2 rings (SSSR count). The van der Waals surface area contributed by atoms with E-state index in [9.17, 15) is 4.79 Å². The number of hydrogen-bond acceptors (Lipinski definition) is 3. The summed E-state index contributed by atoms with van der Waals surface area (Å²) in [6, 6.07) is 15.1. The molecule has 0 aliphatic rings. The molecule has 5 heteroatoms. The number of hydrogen-bond donors (Lipinski definition) is 2. The van der Waals surface area contributed by atoms with Crippen molar-refractivity contribution in [2.75, 3.05) is 0 Å². The van der Waals surface area contributed by atoms with Crippen LogP contribution in [0.15, 0.2) is 53.0 Å². The third kappa shape index (κ3) is 4.58. The van der Waals surface area contributed by atoms with Gasteiger partial charge in [0, 0.05) is 16.6 Å². The lowest BCUT2D eigenvalue weighted by Crippen LogP contribution is -2.48. The summed E-state index contributed by atoms with van der Waals surface area (Å²) < 4.78 is 6.72. The predicted octanol–water partition coefficient (Wildman–Crippen LogP) is 3.73. The van der Waals surface area contributed by atoms with Crippen LogP contribution in [0.1, 0.15) is 31.9 Å². The summed E-state index contributed by atoms with van der Waals surface area (Å²) >= 11 is 3.38. The molecule has 2 aromatic carbocycles. The molecule has 0 bridgehead atoms. The lowest BCUT2D eigenvalue weighted by molar-refractivity contribution is -0.126. The van der Waals surface area contributed by atoms with Gasteiger partial charge in [-0.3, -0.25) is 4.79 Å². The smallest absolute Gasteiger partial charge is 0.244 e. The molecular formula is C19H23BrN2O2. The van der Waals surface area contributed by atoms with Crippen LogP contribution in [0.3, 0.4) is 0 Å². The fourth-order valence-corrected chi connectivity index (χ4v) is 2.57. The Balaban J connectivity index is 2.09. The number of nitrogens with one attached hydrogen (secondary N) is 1. The fraction of sp³-hybridized carbons (Fsp3) is 0.316. The van der Waals surface area contributed by atoms with Crippen molar-refractivity contribution in [3.63, 3.8) is 0 Å². The summed E-state index contributed by atoms with van der Waals surface area (Å²) in [6.07, 6.45) is 0.0735. The summed E-state index contributed by atoms with van der Waals surface area (Å²) in [7, 11) is 0. The molecule has 24 heavy (non-hydrogen) atoms. The number of nitrogens with two attached hydrogens (primary N) is 1. The SMILES string of the molecule is CC(C)Oc1ccccc1CNC(=O)C(C)(N)c1ccc(Br)cc1. The first-order valence-electron chi connectivity index (χ1n) is 7.88. The van der Waals surface area contributed by atoms with Gasteiger partial charge in [-0.2, -0.15) is 0 Å². The van der Waals surface area contributed by atoms with E-state index in [0.29, 0.717) is 6.54 Å². The van der Waals surface area contributed by atoms with Gasteiger partial charge in [0.25, 0.3) is 0 Å². The number of carbonyl (C=O) groups is 1. The molecule has 1 atom stereocenters. The van der Waals surface area contributed by atoms with Gasteiger partial charge in [-0.1, -0.05) is 46.3 Å². The van der Waals surface area contributed by atoms with Crippen molar-refractivity contribution in [1.29, 1.82) is 0 Å². The Kier molecular flexibility index (Phi) is 6.02. The number of rotatable bonds is 6. The van der Waals surface area contributed by atoms with Crippen molar-refractivity contribution in [2.45, 2.75) is 39.0 Å². The summed E-state index contributed by atoms with van der Waals surface area (Å²) in [4.78, 5) is 12.6. The first kappa shape index (κ1) is 18.5. The Morgan fingerprint density at radius 1 is 1.21 bits per heavy atom. The van der Waals surface area contributed by atoms with Crippen molar-refractivity contribution in [3.8, 4) is 5.75 Å². The quantitative estimate of drug-likeness (QED) is 0.789. The highest BCUT2D eigenvalue weighted by molar-refractivity contribution is 9.10. The molecule has 0 aliphatic carbocycles. The average molecular weight is 391 g/mol. The van der Waals surface area contributed by atoms with Crippen molar-refractivity contribution < 1.29 is 9.53 Å². The van der Waals surface area contributed by atoms with Gasteiger partial charge >= 0.3 is 0 Å². The van der Waals surface area contributed by atoms with Crippen LogP contribution in [0.25, 0.3) is 0 Å². The number of benzene rings is 2. The molecule has 3 N–H and O–H groups in total. The van der Waals surface area contributed by atoms with Gasteiger partial charge in [-0.15, -0.1) is 0 Å². The van der Waals surface area contributed by atoms with Crippen molar-refractivity contribution in [1.82, 2.24) is 5.32 Å². The Morgan fingerprint density at radius 2 is 1.83 bits per heavy atom. The highest BCUT2D eigenvalue weighted by Gasteiger charge is 2.30. The van der Waals surface area contributed by atoms with E-state index in [0.717, 1.165) is 21.3 Å². The lowest BCUT2D eigenvalue weighted by Gasteiger charge is -2.24. The van der Waals surface area contributed by atoms with Crippen LogP contribution in [0.2, 0.25) is 0 Å². The largest absolute Gasteiger partial charge is 0.491 e. The Bertz CT molecular complexity index is 697. The van der Waals surface area contributed by atoms with Crippen LogP contribution in [0.5, 0.6) is 5.75 Å². The molecule has 0 radical (unpaired) electrons. The van der Waals surface area contributed by atoms with E-state index in [2.05, 4.69) is 21.2 Å². The van der Waals surface area contributed by atoms with E-state index in [-0.39, 0.29) is 12.0 Å². The molecule has 0 aliphatic heterocycles. The Hall–Kier alpha value is -1.85. The van der Waals surface area contributed by atoms with Crippen LogP contribution in [-0.4, -0.2) is 12.0 Å². The van der Waals surface area contributed by atoms with E-state index in [1.807, 2.05) is 62.4 Å². The first-order chi connectivity index (χ1) is 11.3. The number of carbonyl (C=O) groups excluding carboxylic acids is 1. The molecule has 0 fully saturated rings. The standard InChI is InChI=1S/C19H23BrN2O2/c1-13(2)24-17-7-5-4-6-14(17)12-22-18(23)19(3,21)15-8-10-16(20)11-9-15/h4-11,13H,12,21H2,1-3H3,(H,22,23). The number of halogens is 1. The Morgan fingerprint density at radius 3 is 2.46 bits per heavy atom. The molecule has 1 amide bonds. The molecule has 0 spiro atoms. The molecule has 1 unspecified atom stereocenters. The van der Waals surface area contributed by atoms with E-state index >= 15 is 0 Å². The summed E-state index contributed by atoms with van der Waals surface area (Å²) in [6.45, 7) is 6.02. The summed E-state index contributed by atoms with van der Waals surface area (Å²) in [5.41, 5.74) is 6.83. The van der Waals surface area contributed by atoms with Gasteiger partial charge in [0.2, 0.25) is 5.91 Å². The number of ether oxygens (including phenoxy) is 1. The van der Waals surface area contributed by atoms with Crippen LogP contribution >= 0.6 is 15.9 Å². The van der Waals surface area contributed by atoms with Gasteiger partial charge in [0.15, 0.2) is 0 Å². The minimum absolute atomic E-state index is 0.0735. The average Bonchev–Trinajstić information content (AvgIpc) is 2.53. The zero-order valence-corrected chi connectivity index (χ0v) is 15.8. The molecule has 0 aromatic heterocycles. The molecule has 2 aromatic rings. The minimum atomic E-state index is -1.10. The summed E-state index contributed by atoms with van der Waals surface area (Å²) in [5, 5.41) is 2.91. The second kappa shape index (κ2) is 7.81. The molecule has 128 valence electrons. The lowest BCUT2D eigenvalue weighted by atomic mass is 9.92. The maximum absolute atomic E-state index is 12.6. The topological polar surface area (TPSA) is 64.3 Å². The molecular weight excluding hydrogens is 368 g/mol. The van der Waals surface area contributed by atoms with Gasteiger partial charge in [0.05, 0.1) is 6.10 Å². The van der Waals surface area contributed by atoms with Crippen LogP contribution < -0.4 is 15.8 Å². The highest BCUT2D eigenvalue weighted by Crippen LogP contribution is 2.22. The van der Waals surface area contributed by atoms with E-state index in [1.54, 1.807) is 6.92 Å². The van der Waals surface area contributed by atoms with Crippen LogP contribution in [0.4, 0.5) is 0 Å². The number of amides is 1. The van der Waals surface area contributed by atoms with Crippen LogP contribution in [0, 0.1) is 0 Å². The van der Waals surface area contributed by atoms with E-state index < -0.39 is 5.54 Å². The third-order valence-electron chi connectivity index (χ3n) is 3.69. The van der Waals surface area contributed by atoms with Gasteiger partial charge in [-0.25, -0.2) is 0 Å². The van der Waals surface area contributed by atoms with Gasteiger partial charge < -0.3 is 15.8 Å². The van der Waals surface area contributed by atoms with Gasteiger partial charge in [-0.05, 0) is 44.5 Å². The van der Waals surface area contributed by atoms with Crippen molar-refractivity contribution in [3.05, 3.63) is 64.1 Å². The zero-order chi connectivity index (χ0) is 17.7. The fourth-order valence-electron chi connectivity index (χ4n) is 2.31. The highest BCUT2D eigenvalue weighted by atomic mass is 79.9. The molecule has 0 saturated carbocycles. The molecule has 0 heterocycles. The zero-order valence-electron chi connectivity index (χ0n) is 14.2. The van der Waals surface area contributed by atoms with E-state index in [4.69, 9.17) is 10.5 Å². The second-order valence-electron chi connectivity index (χ2n) is 6.17. The summed E-state index contributed by atoms with van der Waals surface area (Å²) in [5.74, 6) is 0.541. The molecule has 0 saturated heterocycles. The second-order valence-corrected chi connectivity index (χ2v) is 7.08. The van der Waals surface area contributed by atoms with E-state index in [1.165, 1.54) is 0 Å². The maximum atomic E-state index is 12.6. The molecule has 4 nitrogen and oxygen atoms in total.